The molecule has 0 bridgehead atoms. The highest BCUT2D eigenvalue weighted by molar-refractivity contribution is 7.92. The maximum Gasteiger partial charge on any atom is 0.416 e. The highest BCUT2D eigenvalue weighted by Gasteiger charge is 2.30. The van der Waals surface area contributed by atoms with Gasteiger partial charge in [-0.1, -0.05) is 0 Å². The third kappa shape index (κ3) is 8.01. The quantitative estimate of drug-likeness (QED) is 0.394. The van der Waals surface area contributed by atoms with Crippen LogP contribution in [0.3, 0.4) is 0 Å². The van der Waals surface area contributed by atoms with Gasteiger partial charge in [-0.2, -0.15) is 13.2 Å². The molecule has 2 aromatic carbocycles. The third-order valence-electron chi connectivity index (χ3n) is 6.00. The second-order valence-electron chi connectivity index (χ2n) is 8.97. The number of aryl methyl sites for hydroxylation is 1. The van der Waals surface area contributed by atoms with Crippen molar-refractivity contribution in [3.05, 3.63) is 53.0 Å². The lowest BCUT2D eigenvalue weighted by Gasteiger charge is -2.35. The van der Waals surface area contributed by atoms with Gasteiger partial charge in [-0.25, -0.2) is 13.4 Å². The fraction of sp³-hybridized carbons (Fsp3) is 0.458. The second-order valence-corrected chi connectivity index (χ2v) is 12.0. The van der Waals surface area contributed by atoms with Crippen molar-refractivity contribution in [3.8, 4) is 5.75 Å². The van der Waals surface area contributed by atoms with Crippen molar-refractivity contribution < 1.29 is 31.4 Å². The van der Waals surface area contributed by atoms with E-state index in [4.69, 9.17) is 4.74 Å². The summed E-state index contributed by atoms with van der Waals surface area (Å²) in [6.45, 7) is 5.48. The van der Waals surface area contributed by atoms with Gasteiger partial charge in [0.05, 0.1) is 26.5 Å². The number of aromatic nitrogens is 1. The molecule has 1 aliphatic rings. The first-order valence-electron chi connectivity index (χ1n) is 11.8. The van der Waals surface area contributed by atoms with Crippen molar-refractivity contribution in [2.75, 3.05) is 56.4 Å². The first-order valence-corrected chi connectivity index (χ1v) is 14.2. The molecule has 37 heavy (non-hydrogen) atoms. The highest BCUT2D eigenvalue weighted by atomic mass is 32.2. The van der Waals surface area contributed by atoms with E-state index in [1.165, 1.54) is 0 Å². The number of benzene rings is 2. The predicted molar refractivity (Wildman–Crippen MR) is 138 cm³/mol. The van der Waals surface area contributed by atoms with E-state index in [1.54, 1.807) is 11.3 Å². The number of rotatable bonds is 10. The summed E-state index contributed by atoms with van der Waals surface area (Å²) in [5, 5.41) is 11.4. The number of aliphatic hydroxyl groups is 1. The summed E-state index contributed by atoms with van der Waals surface area (Å²) in [4.78, 5) is 8.56. The average molecular weight is 559 g/mol. The number of halogens is 3. The zero-order valence-corrected chi connectivity index (χ0v) is 21.9. The predicted octanol–water partition coefficient (Wildman–Crippen LogP) is 3.42. The smallest absolute Gasteiger partial charge is 0.416 e. The van der Waals surface area contributed by atoms with E-state index in [0.717, 1.165) is 39.5 Å². The van der Waals surface area contributed by atoms with Gasteiger partial charge < -0.3 is 9.84 Å². The Balaban J connectivity index is 1.16. The molecule has 8 nitrogen and oxygen atoms in total. The number of nitrogens with one attached hydrogen (secondary N) is 1. The Labute approximate surface area is 217 Å². The number of piperazine rings is 1. The number of aliphatic hydroxyl groups excluding tert-OH is 1. The van der Waals surface area contributed by atoms with Crippen LogP contribution in [-0.4, -0.2) is 86.0 Å². The van der Waals surface area contributed by atoms with Crippen LogP contribution < -0.4 is 9.46 Å². The van der Waals surface area contributed by atoms with E-state index in [0.29, 0.717) is 45.0 Å². The molecule has 13 heteroatoms. The summed E-state index contributed by atoms with van der Waals surface area (Å²) >= 11 is 1.62. The van der Waals surface area contributed by atoms with Crippen molar-refractivity contribution in [2.45, 2.75) is 19.2 Å². The number of fused-ring (bicyclic) bond motifs is 1. The molecule has 0 saturated carbocycles. The number of ether oxygens (including phenoxy) is 1. The normalized spacial score (nSPS) is 16.7. The zero-order chi connectivity index (χ0) is 26.6. The molecule has 1 fully saturated rings. The molecule has 0 amide bonds. The summed E-state index contributed by atoms with van der Waals surface area (Å²) in [6, 6.07) is 9.59. The van der Waals surface area contributed by atoms with Crippen molar-refractivity contribution in [3.63, 3.8) is 0 Å². The second kappa shape index (κ2) is 11.5. The summed E-state index contributed by atoms with van der Waals surface area (Å²) in [5.41, 5.74) is 0.134. The number of alkyl halides is 3. The molecule has 202 valence electrons. The van der Waals surface area contributed by atoms with Gasteiger partial charge in [0.1, 0.15) is 18.5 Å². The van der Waals surface area contributed by atoms with Crippen LogP contribution in [0.15, 0.2) is 42.5 Å². The molecule has 2 heterocycles. The Morgan fingerprint density at radius 2 is 1.78 bits per heavy atom. The van der Waals surface area contributed by atoms with Crippen LogP contribution in [0.1, 0.15) is 10.6 Å². The molecule has 1 aromatic heterocycles. The summed E-state index contributed by atoms with van der Waals surface area (Å²) in [7, 11) is -3.71. The first-order chi connectivity index (χ1) is 17.5. The fourth-order valence-electron chi connectivity index (χ4n) is 4.06. The molecular formula is C24H29F3N4O4S2. The minimum Gasteiger partial charge on any atom is -0.491 e. The van der Waals surface area contributed by atoms with E-state index in [2.05, 4.69) is 14.6 Å². The molecule has 1 saturated heterocycles. The summed E-state index contributed by atoms with van der Waals surface area (Å²) in [6.07, 6.45) is -5.15. The standard InChI is InChI=1S/C24H29F3N4O4S2/c1-17-28-22-14-21(6-7-23(22)36-17)35-16-20(32)15-31-10-8-30(9-11-31)12-13-37(33,34)29-19-4-2-18(3-5-19)24(25,26)27/h2-7,14,20,29,32H,8-13,15-16H2,1H3/t20-/m1/s1. The fourth-order valence-corrected chi connectivity index (χ4v) is 5.96. The largest absolute Gasteiger partial charge is 0.491 e. The SMILES string of the molecule is Cc1nc2cc(OC[C@H](O)CN3CCN(CCS(=O)(=O)Nc4ccc(C(F)(F)F)cc4)CC3)ccc2s1. The lowest BCUT2D eigenvalue weighted by molar-refractivity contribution is -0.137. The van der Waals surface area contributed by atoms with E-state index in [-0.39, 0.29) is 18.0 Å². The molecule has 2 N–H and O–H groups in total. The van der Waals surface area contributed by atoms with Crippen LogP contribution in [-0.2, 0) is 16.2 Å². The van der Waals surface area contributed by atoms with Gasteiger partial charge in [0, 0.05) is 51.0 Å². The van der Waals surface area contributed by atoms with Crippen LogP contribution >= 0.6 is 11.3 Å². The number of hydrogen-bond acceptors (Lipinski definition) is 8. The monoisotopic (exact) mass is 558 g/mol. The molecule has 0 spiro atoms. The molecule has 0 unspecified atom stereocenters. The molecule has 4 rings (SSSR count). The van der Waals surface area contributed by atoms with Crippen molar-refractivity contribution in [1.82, 2.24) is 14.8 Å². The van der Waals surface area contributed by atoms with Gasteiger partial charge in [-0.15, -0.1) is 11.3 Å². The molecule has 1 aliphatic heterocycles. The van der Waals surface area contributed by atoms with Crippen LogP contribution in [0.4, 0.5) is 18.9 Å². The number of thiazole rings is 1. The van der Waals surface area contributed by atoms with Gasteiger partial charge in [-0.3, -0.25) is 14.5 Å². The van der Waals surface area contributed by atoms with Crippen molar-refractivity contribution in [2.24, 2.45) is 0 Å². The van der Waals surface area contributed by atoms with Gasteiger partial charge in [0.15, 0.2) is 0 Å². The van der Waals surface area contributed by atoms with Crippen LogP contribution in [0, 0.1) is 6.92 Å². The minimum atomic E-state index is -4.47. The Kier molecular flexibility index (Phi) is 8.59. The van der Waals surface area contributed by atoms with Crippen LogP contribution in [0.5, 0.6) is 5.75 Å². The Bertz CT molecular complexity index is 1290. The van der Waals surface area contributed by atoms with Crippen LogP contribution in [0.2, 0.25) is 0 Å². The number of anilines is 1. The van der Waals surface area contributed by atoms with Crippen molar-refractivity contribution in [1.29, 1.82) is 0 Å². The number of hydrogen-bond donors (Lipinski definition) is 2. The Morgan fingerprint density at radius 3 is 2.46 bits per heavy atom. The average Bonchev–Trinajstić information content (AvgIpc) is 3.21. The minimum absolute atomic E-state index is 0.0932. The zero-order valence-electron chi connectivity index (χ0n) is 20.2. The first kappa shape index (κ1) is 27.6. The summed E-state index contributed by atoms with van der Waals surface area (Å²) < 4.78 is 71.9. The topological polar surface area (TPSA) is 95.0 Å². The molecule has 3 aromatic rings. The number of nitrogens with zero attached hydrogens (tertiary/aromatic N) is 3. The maximum atomic E-state index is 12.7. The lowest BCUT2D eigenvalue weighted by Crippen LogP contribution is -2.50. The molecule has 0 radical (unpaired) electrons. The van der Waals surface area contributed by atoms with Gasteiger partial charge in [0.25, 0.3) is 0 Å². The Morgan fingerprint density at radius 1 is 1.11 bits per heavy atom. The van der Waals surface area contributed by atoms with E-state index in [9.17, 15) is 26.7 Å². The van der Waals surface area contributed by atoms with E-state index >= 15 is 0 Å². The van der Waals surface area contributed by atoms with E-state index in [1.807, 2.05) is 30.0 Å². The van der Waals surface area contributed by atoms with Gasteiger partial charge >= 0.3 is 6.18 Å². The molecule has 1 atom stereocenters. The maximum absolute atomic E-state index is 12.7. The van der Waals surface area contributed by atoms with Crippen molar-refractivity contribution >= 4 is 37.3 Å². The molecular weight excluding hydrogens is 529 g/mol. The summed E-state index contributed by atoms with van der Waals surface area (Å²) in [5.74, 6) is 0.487. The number of sulfonamides is 1. The van der Waals surface area contributed by atoms with Gasteiger partial charge in [-0.05, 0) is 43.3 Å². The third-order valence-corrected chi connectivity index (χ3v) is 8.22. The Hall–Kier alpha value is -2.45. The highest BCUT2D eigenvalue weighted by Crippen LogP contribution is 2.30. The lowest BCUT2D eigenvalue weighted by atomic mass is 10.2. The number of β-amino-alcohol motifs (C(OH)–C–C–N with tert-alkyl or cyclic N) is 1. The van der Waals surface area contributed by atoms with E-state index < -0.39 is 27.9 Å². The van der Waals surface area contributed by atoms with Crippen LogP contribution in [0.25, 0.3) is 10.2 Å². The molecule has 0 aliphatic carbocycles. The van der Waals surface area contributed by atoms with Gasteiger partial charge in [0.2, 0.25) is 10.0 Å².